The lowest BCUT2D eigenvalue weighted by atomic mass is 9.82. The lowest BCUT2D eigenvalue weighted by molar-refractivity contribution is -0.125. The second-order valence-electron chi connectivity index (χ2n) is 8.46. The summed E-state index contributed by atoms with van der Waals surface area (Å²) in [5.41, 5.74) is 0.915. The summed E-state index contributed by atoms with van der Waals surface area (Å²) in [6.07, 6.45) is 9.59. The standard InChI is InChI=1S/C22H36N4O.H2/c1-3-19(2)26-15-10-22(11-16-26,17-20-9-5-6-12-23-20)24-21(27)18-25-13-7-4-8-14-25;/h5-6,9,12,19H,3-4,7-8,10-11,13-18H2,1-2H3,(H,24,27);1H. The highest BCUT2D eigenvalue weighted by molar-refractivity contribution is 5.79. The summed E-state index contributed by atoms with van der Waals surface area (Å²) in [7, 11) is 0. The second-order valence-corrected chi connectivity index (χ2v) is 8.46. The molecule has 3 heterocycles. The summed E-state index contributed by atoms with van der Waals surface area (Å²) < 4.78 is 0. The largest absolute Gasteiger partial charge is 0.349 e. The molecule has 1 unspecified atom stereocenters. The van der Waals surface area contributed by atoms with Crippen molar-refractivity contribution in [1.82, 2.24) is 20.1 Å². The van der Waals surface area contributed by atoms with Crippen LogP contribution in [0.2, 0.25) is 0 Å². The molecule has 2 fully saturated rings. The van der Waals surface area contributed by atoms with Crippen LogP contribution in [-0.2, 0) is 11.2 Å². The Hall–Kier alpha value is -1.46. The van der Waals surface area contributed by atoms with Gasteiger partial charge in [0.2, 0.25) is 5.91 Å². The Balaban J connectivity index is 0.00000280. The zero-order valence-corrected chi connectivity index (χ0v) is 17.1. The van der Waals surface area contributed by atoms with E-state index in [0.717, 1.165) is 51.1 Å². The zero-order chi connectivity index (χ0) is 19.1. The molecule has 0 spiro atoms. The average Bonchev–Trinajstić information content (AvgIpc) is 2.69. The number of nitrogens with zero attached hydrogens (tertiary/aromatic N) is 3. The van der Waals surface area contributed by atoms with Gasteiger partial charge in [0.05, 0.1) is 6.54 Å². The molecule has 1 atom stereocenters. The number of carbonyl (C=O) groups is 1. The fourth-order valence-electron chi connectivity index (χ4n) is 4.50. The van der Waals surface area contributed by atoms with Crippen LogP contribution in [0.5, 0.6) is 0 Å². The maximum Gasteiger partial charge on any atom is 0.234 e. The Kier molecular flexibility index (Phi) is 7.25. The number of hydrogen-bond donors (Lipinski definition) is 1. The summed E-state index contributed by atoms with van der Waals surface area (Å²) >= 11 is 0. The third-order valence-corrected chi connectivity index (χ3v) is 6.44. The number of pyridine rings is 1. The molecule has 1 aromatic rings. The minimum atomic E-state index is -0.162. The van der Waals surface area contributed by atoms with Gasteiger partial charge in [0.15, 0.2) is 0 Å². The topological polar surface area (TPSA) is 48.5 Å². The van der Waals surface area contributed by atoms with Crippen LogP contribution >= 0.6 is 0 Å². The van der Waals surface area contributed by atoms with Gasteiger partial charge in [0.25, 0.3) is 0 Å². The number of rotatable bonds is 7. The number of hydrogen-bond acceptors (Lipinski definition) is 4. The molecule has 0 saturated carbocycles. The molecule has 2 aliphatic heterocycles. The lowest BCUT2D eigenvalue weighted by Crippen LogP contribution is -2.59. The van der Waals surface area contributed by atoms with E-state index in [1.54, 1.807) is 0 Å². The third-order valence-electron chi connectivity index (χ3n) is 6.44. The molecule has 27 heavy (non-hydrogen) atoms. The Morgan fingerprint density at radius 1 is 1.22 bits per heavy atom. The van der Waals surface area contributed by atoms with Crippen LogP contribution in [0, 0.1) is 0 Å². The normalized spacial score (nSPS) is 22.3. The molecule has 1 aromatic heterocycles. The van der Waals surface area contributed by atoms with E-state index in [1.807, 2.05) is 18.3 Å². The summed E-state index contributed by atoms with van der Waals surface area (Å²) in [6.45, 7) is 9.31. The van der Waals surface area contributed by atoms with Crippen LogP contribution in [0.15, 0.2) is 24.4 Å². The van der Waals surface area contributed by atoms with Crippen molar-refractivity contribution in [1.29, 1.82) is 0 Å². The Bertz CT molecular complexity index is 583. The van der Waals surface area contributed by atoms with Crippen molar-refractivity contribution in [2.45, 2.75) is 70.4 Å². The molecule has 0 aliphatic carbocycles. The molecule has 1 N–H and O–H groups in total. The second kappa shape index (κ2) is 9.65. The molecule has 0 radical (unpaired) electrons. The highest BCUT2D eigenvalue weighted by Gasteiger charge is 2.37. The summed E-state index contributed by atoms with van der Waals surface area (Å²) in [4.78, 5) is 22.3. The molecule has 3 rings (SSSR count). The minimum Gasteiger partial charge on any atom is -0.349 e. The van der Waals surface area contributed by atoms with E-state index in [4.69, 9.17) is 0 Å². The van der Waals surface area contributed by atoms with E-state index < -0.39 is 0 Å². The predicted molar refractivity (Wildman–Crippen MR) is 112 cm³/mol. The van der Waals surface area contributed by atoms with E-state index in [0.29, 0.717) is 12.6 Å². The number of carbonyl (C=O) groups excluding carboxylic acids is 1. The molecule has 5 nitrogen and oxygen atoms in total. The van der Waals surface area contributed by atoms with Crippen LogP contribution in [0.1, 0.15) is 59.5 Å². The van der Waals surface area contributed by atoms with Crippen molar-refractivity contribution >= 4 is 5.91 Å². The van der Waals surface area contributed by atoms with Gasteiger partial charge >= 0.3 is 0 Å². The SMILES string of the molecule is CCC(C)N1CCC(Cc2ccccn2)(NC(=O)CN2CCCCC2)CC1.[HH]. The van der Waals surface area contributed by atoms with E-state index in [-0.39, 0.29) is 12.9 Å². The minimum absolute atomic E-state index is 0. The smallest absolute Gasteiger partial charge is 0.234 e. The zero-order valence-electron chi connectivity index (χ0n) is 17.1. The van der Waals surface area contributed by atoms with Crippen LogP contribution < -0.4 is 5.32 Å². The van der Waals surface area contributed by atoms with Gasteiger partial charge in [-0.05, 0) is 64.3 Å². The molecule has 2 saturated heterocycles. The molecular weight excluding hydrogens is 336 g/mol. The molecule has 152 valence electrons. The molecule has 5 heteroatoms. The van der Waals surface area contributed by atoms with E-state index in [1.165, 1.54) is 25.7 Å². The average molecular weight is 375 g/mol. The van der Waals surface area contributed by atoms with Gasteiger partial charge in [0, 0.05) is 44.4 Å². The van der Waals surface area contributed by atoms with Gasteiger partial charge < -0.3 is 10.2 Å². The van der Waals surface area contributed by atoms with Gasteiger partial charge in [-0.1, -0.05) is 19.4 Å². The Morgan fingerprint density at radius 3 is 2.59 bits per heavy atom. The van der Waals surface area contributed by atoms with Crippen molar-refractivity contribution in [3.05, 3.63) is 30.1 Å². The molecule has 0 aromatic carbocycles. The fourth-order valence-corrected chi connectivity index (χ4v) is 4.50. The van der Waals surface area contributed by atoms with Crippen molar-refractivity contribution in [3.8, 4) is 0 Å². The highest BCUT2D eigenvalue weighted by Crippen LogP contribution is 2.28. The maximum absolute atomic E-state index is 12.9. The van der Waals surface area contributed by atoms with Gasteiger partial charge in [-0.2, -0.15) is 0 Å². The van der Waals surface area contributed by atoms with Gasteiger partial charge in [-0.3, -0.25) is 14.7 Å². The van der Waals surface area contributed by atoms with Gasteiger partial charge in [-0.15, -0.1) is 0 Å². The van der Waals surface area contributed by atoms with E-state index >= 15 is 0 Å². The van der Waals surface area contributed by atoms with Gasteiger partial charge in [0.1, 0.15) is 0 Å². The Labute approximate surface area is 166 Å². The van der Waals surface area contributed by atoms with Crippen molar-refractivity contribution in [2.24, 2.45) is 0 Å². The molecular formula is C22H38N4O. The first-order chi connectivity index (χ1) is 13.1. The van der Waals surface area contributed by atoms with Crippen molar-refractivity contribution < 1.29 is 6.22 Å². The van der Waals surface area contributed by atoms with Crippen molar-refractivity contribution in [2.75, 3.05) is 32.7 Å². The van der Waals surface area contributed by atoms with Gasteiger partial charge in [-0.25, -0.2) is 0 Å². The first kappa shape index (κ1) is 20.3. The number of likely N-dealkylation sites (tertiary alicyclic amines) is 2. The summed E-state index contributed by atoms with van der Waals surface area (Å²) in [5, 5.41) is 3.46. The monoisotopic (exact) mass is 374 g/mol. The lowest BCUT2D eigenvalue weighted by Gasteiger charge is -2.44. The number of aromatic nitrogens is 1. The third kappa shape index (κ3) is 5.76. The molecule has 2 aliphatic rings. The van der Waals surface area contributed by atoms with Crippen LogP contribution in [-0.4, -0.2) is 65.0 Å². The highest BCUT2D eigenvalue weighted by atomic mass is 16.2. The first-order valence-corrected chi connectivity index (χ1v) is 10.8. The molecule has 0 bridgehead atoms. The van der Waals surface area contributed by atoms with Crippen LogP contribution in [0.3, 0.4) is 0 Å². The van der Waals surface area contributed by atoms with Crippen molar-refractivity contribution in [3.63, 3.8) is 0 Å². The fraction of sp³-hybridized carbons (Fsp3) is 0.727. The maximum atomic E-state index is 12.9. The van der Waals surface area contributed by atoms with E-state index in [2.05, 4.69) is 40.0 Å². The quantitative estimate of drug-likeness (QED) is 0.797. The van der Waals surface area contributed by atoms with E-state index in [9.17, 15) is 4.79 Å². The first-order valence-electron chi connectivity index (χ1n) is 10.8. The summed E-state index contributed by atoms with van der Waals surface area (Å²) in [6, 6.07) is 6.69. The predicted octanol–water partition coefficient (Wildman–Crippen LogP) is 3.11. The Morgan fingerprint density at radius 2 is 1.96 bits per heavy atom. The molecule has 1 amide bonds. The number of amides is 1. The number of piperidine rings is 2. The summed E-state index contributed by atoms with van der Waals surface area (Å²) in [5.74, 6) is 0.185. The number of nitrogens with one attached hydrogen (secondary N) is 1. The van der Waals surface area contributed by atoms with Crippen LogP contribution in [0.25, 0.3) is 0 Å². The van der Waals surface area contributed by atoms with Crippen LogP contribution in [0.4, 0.5) is 0 Å².